The van der Waals surface area contributed by atoms with Crippen LogP contribution in [0.3, 0.4) is 0 Å². The van der Waals surface area contributed by atoms with Gasteiger partial charge in [0.25, 0.3) is 5.91 Å². The van der Waals surface area contributed by atoms with Gasteiger partial charge in [-0.25, -0.2) is 23.1 Å². The number of anilines is 2. The molecule has 4 atom stereocenters. The molecule has 1 saturated heterocycles. The van der Waals surface area contributed by atoms with Crippen LogP contribution in [0.2, 0.25) is 0 Å². The normalized spacial score (nSPS) is 25.4. The zero-order valence-electron chi connectivity index (χ0n) is 41.0. The number of halogens is 2. The summed E-state index contributed by atoms with van der Waals surface area (Å²) in [6.07, 6.45) is 11.3. The van der Waals surface area contributed by atoms with Crippen LogP contribution in [-0.4, -0.2) is 80.5 Å². The van der Waals surface area contributed by atoms with Crippen LogP contribution in [0.5, 0.6) is 0 Å². The number of aromatic nitrogens is 7. The van der Waals surface area contributed by atoms with Crippen molar-refractivity contribution in [1.29, 1.82) is 0 Å². The summed E-state index contributed by atoms with van der Waals surface area (Å²) < 4.78 is 49.1. The molecule has 16 nitrogen and oxygen atoms in total. The highest BCUT2D eigenvalue weighted by Gasteiger charge is 2.72. The van der Waals surface area contributed by atoms with Gasteiger partial charge in [0.05, 0.1) is 57.5 Å². The second-order valence-corrected chi connectivity index (χ2v) is 22.3. The fraction of sp³-hybridized carbons (Fsp3) is 0.436. The first kappa shape index (κ1) is 44.6. The Labute approximate surface area is 417 Å². The van der Waals surface area contributed by atoms with Crippen LogP contribution in [0, 0.1) is 18.7 Å². The second-order valence-electron chi connectivity index (χ2n) is 22.3. The van der Waals surface area contributed by atoms with Gasteiger partial charge in [0.2, 0.25) is 5.82 Å². The predicted octanol–water partition coefficient (Wildman–Crippen LogP) is 8.79. The average molecular weight is 989 g/mol. The molecule has 4 aromatic heterocycles. The SMILES string of the molecule is Cc1cc(-n2nc3c(c2N2C=CN(c4ccc5c(cnn5C5CC5)c4F)C2=C=O)[C@H](C)N(C(=O)c2cc4cc([C@H]5CCOC(C)(C)C5)ccc4n2[C@@]2(c4noc(=O)[nH]4)C[C@@H]2C2(O)CC2)CC3)ccc1C1(F)CC1. The maximum Gasteiger partial charge on any atom is 0.438 e. The molecule has 0 bridgehead atoms. The van der Waals surface area contributed by atoms with Crippen molar-refractivity contribution in [2.45, 2.75) is 132 Å². The summed E-state index contributed by atoms with van der Waals surface area (Å²) in [5, 5.41) is 26.9. The molecular weight excluding hydrogens is 935 g/mol. The van der Waals surface area contributed by atoms with Crippen LogP contribution >= 0.6 is 0 Å². The molecule has 4 aliphatic carbocycles. The number of fused-ring (bicyclic) bond motifs is 3. The van der Waals surface area contributed by atoms with Crippen molar-refractivity contribution in [3.63, 3.8) is 0 Å². The number of ether oxygens (including phenoxy) is 1. The second kappa shape index (κ2) is 15.2. The molecule has 73 heavy (non-hydrogen) atoms. The van der Waals surface area contributed by atoms with Crippen molar-refractivity contribution in [2.24, 2.45) is 5.92 Å². The minimum atomic E-state index is -1.37. The van der Waals surface area contributed by atoms with Crippen molar-refractivity contribution in [2.75, 3.05) is 23.0 Å². The van der Waals surface area contributed by atoms with Crippen LogP contribution in [0.1, 0.15) is 141 Å². The molecule has 3 aromatic carbocycles. The molecule has 4 saturated carbocycles. The van der Waals surface area contributed by atoms with Crippen LogP contribution in [-0.2, 0) is 27.2 Å². The third kappa shape index (κ3) is 6.68. The fourth-order valence-electron chi connectivity index (χ4n) is 12.9. The van der Waals surface area contributed by atoms with Crippen LogP contribution < -0.4 is 15.6 Å². The van der Waals surface area contributed by atoms with E-state index in [0.717, 1.165) is 47.7 Å². The van der Waals surface area contributed by atoms with Crippen LogP contribution in [0.25, 0.3) is 27.5 Å². The largest absolute Gasteiger partial charge is 0.438 e. The van der Waals surface area contributed by atoms with E-state index in [-0.39, 0.29) is 53.3 Å². The number of carbonyl (C=O) groups is 1. The monoisotopic (exact) mass is 988 g/mol. The first-order valence-corrected chi connectivity index (χ1v) is 25.6. The van der Waals surface area contributed by atoms with Crippen molar-refractivity contribution < 1.29 is 32.7 Å². The number of aryl methyl sites for hydroxylation is 1. The van der Waals surface area contributed by atoms with E-state index in [9.17, 15) is 14.7 Å². The molecule has 5 fully saturated rings. The molecule has 2 N–H and O–H groups in total. The van der Waals surface area contributed by atoms with Gasteiger partial charge in [0.15, 0.2) is 17.6 Å². The van der Waals surface area contributed by atoms with E-state index < -0.39 is 34.4 Å². The van der Waals surface area contributed by atoms with Gasteiger partial charge < -0.3 is 19.3 Å². The maximum atomic E-state index is 16.7. The number of amides is 1. The maximum absolute atomic E-state index is 16.7. The molecule has 1 amide bonds. The van der Waals surface area contributed by atoms with E-state index in [1.165, 1.54) is 11.1 Å². The third-order valence-electron chi connectivity index (χ3n) is 17.1. The molecule has 0 spiro atoms. The molecule has 0 unspecified atom stereocenters. The number of aliphatic hydroxyl groups is 1. The van der Waals surface area contributed by atoms with E-state index in [1.807, 2.05) is 53.4 Å². The van der Waals surface area contributed by atoms with Crippen molar-refractivity contribution in [1.82, 2.24) is 39.2 Å². The van der Waals surface area contributed by atoms with Crippen LogP contribution in [0.4, 0.5) is 20.3 Å². The molecule has 7 heterocycles. The van der Waals surface area contributed by atoms with Crippen LogP contribution in [0.15, 0.2) is 88.3 Å². The number of benzene rings is 3. The summed E-state index contributed by atoms with van der Waals surface area (Å²) in [5.74, 6) is 1.07. The summed E-state index contributed by atoms with van der Waals surface area (Å²) in [4.78, 5) is 49.7. The first-order chi connectivity index (χ1) is 35.1. The number of carbonyl (C=O) groups excluding carboxylic acids is 2. The minimum Gasteiger partial charge on any atom is -0.389 e. The smallest absolute Gasteiger partial charge is 0.389 e. The van der Waals surface area contributed by atoms with Gasteiger partial charge in [0, 0.05) is 54.4 Å². The Bertz CT molecular complexity index is 3660. The molecule has 3 aliphatic heterocycles. The van der Waals surface area contributed by atoms with Gasteiger partial charge in [-0.15, -0.1) is 0 Å². The topological polar surface area (TPSA) is 173 Å². The van der Waals surface area contributed by atoms with Crippen molar-refractivity contribution in [3.8, 4) is 5.69 Å². The number of hydrogen-bond acceptors (Lipinski definition) is 11. The summed E-state index contributed by atoms with van der Waals surface area (Å²) in [5.41, 5.74) is 2.60. The lowest BCUT2D eigenvalue weighted by Crippen LogP contribution is -2.41. The lowest BCUT2D eigenvalue weighted by Gasteiger charge is -2.36. The molecule has 14 rings (SSSR count). The highest BCUT2D eigenvalue weighted by Crippen LogP contribution is 2.67. The highest BCUT2D eigenvalue weighted by molar-refractivity contribution is 6.00. The number of nitrogens with zero attached hydrogens (tertiary/aromatic N) is 9. The fourth-order valence-corrected chi connectivity index (χ4v) is 12.9. The lowest BCUT2D eigenvalue weighted by molar-refractivity contribution is -0.0592. The van der Waals surface area contributed by atoms with E-state index >= 15 is 13.6 Å². The van der Waals surface area contributed by atoms with Crippen molar-refractivity contribution >= 4 is 45.2 Å². The van der Waals surface area contributed by atoms with E-state index in [4.69, 9.17) is 14.4 Å². The molecular formula is C55H54F2N10O6. The summed E-state index contributed by atoms with van der Waals surface area (Å²) in [6, 6.07) is 16.8. The molecule has 7 aromatic rings. The number of aromatic amines is 1. The third-order valence-corrected chi connectivity index (χ3v) is 17.1. The van der Waals surface area contributed by atoms with Gasteiger partial charge in [-0.3, -0.25) is 28.8 Å². The number of alkyl halides is 1. The molecule has 18 heteroatoms. The molecule has 0 radical (unpaired) electrons. The Morgan fingerprint density at radius 2 is 1.77 bits per heavy atom. The summed E-state index contributed by atoms with van der Waals surface area (Å²) in [6.45, 7) is 8.93. The van der Waals surface area contributed by atoms with Gasteiger partial charge >= 0.3 is 5.76 Å². The highest BCUT2D eigenvalue weighted by atomic mass is 19.1. The average Bonchev–Trinajstić information content (AvgIpc) is 4.37. The minimum absolute atomic E-state index is 0.0216. The van der Waals surface area contributed by atoms with Gasteiger partial charge in [-0.1, -0.05) is 17.3 Å². The van der Waals surface area contributed by atoms with Gasteiger partial charge in [-0.2, -0.15) is 10.2 Å². The van der Waals surface area contributed by atoms with E-state index in [1.54, 1.807) is 39.0 Å². The lowest BCUT2D eigenvalue weighted by atomic mass is 9.83. The Balaban J connectivity index is 0.894. The Morgan fingerprint density at radius 3 is 2.48 bits per heavy atom. The Morgan fingerprint density at radius 1 is 0.973 bits per heavy atom. The van der Waals surface area contributed by atoms with Crippen molar-refractivity contribution in [3.05, 3.63) is 135 Å². The number of H-pyrrole nitrogens is 1. The first-order valence-electron chi connectivity index (χ1n) is 25.6. The summed E-state index contributed by atoms with van der Waals surface area (Å²) in [7, 11) is 0. The Kier molecular flexibility index (Phi) is 9.28. The molecule has 374 valence electrons. The van der Waals surface area contributed by atoms with E-state index in [2.05, 4.69) is 47.2 Å². The molecule has 7 aliphatic rings. The Hall–Kier alpha value is -7.14. The van der Waals surface area contributed by atoms with E-state index in [0.29, 0.717) is 90.1 Å². The summed E-state index contributed by atoms with van der Waals surface area (Å²) >= 11 is 0. The van der Waals surface area contributed by atoms with Gasteiger partial charge in [0.1, 0.15) is 22.7 Å². The number of hydrogen-bond donors (Lipinski definition) is 2. The predicted molar refractivity (Wildman–Crippen MR) is 265 cm³/mol. The van der Waals surface area contributed by atoms with Gasteiger partial charge in [-0.05, 0) is 151 Å². The zero-order chi connectivity index (χ0) is 50.1. The standard InChI is InChI=1S/C55H54F2N10O6/c1-30-23-36(8-9-38(30)53(57)15-16-53)67-48(64-21-20-63(45(64)29-68)42-12-11-41-37(47(42)56)28-58-66(41)35-6-7-35)46-31(2)62(19-13-39(46)60-67)49(69)43-25-34-24-32(33-14-22-72-52(3,4)26-33)5-10-40(34)65(43)55(50-59-51(70)73-61-50)27-44(55)54(71)17-18-54/h5,8-12,20-21,23-25,28,31,33,35,44,71H,6-7,13-19,22,26-27H2,1-4H3,(H,59,61,70)/t31-,33-,44+,55-/m0/s1. The number of rotatable bonds is 10. The quantitative estimate of drug-likeness (QED) is 0.126. The zero-order valence-corrected chi connectivity index (χ0v) is 41.0. The number of nitrogens with one attached hydrogen (secondary N) is 1.